The minimum absolute atomic E-state index is 0.159. The fraction of sp³-hybridized carbons (Fsp3) is 0.538. The first-order chi connectivity index (χ1) is 8.24. The van der Waals surface area contributed by atoms with E-state index in [-0.39, 0.29) is 11.8 Å². The maximum absolute atomic E-state index is 9.95. The lowest BCUT2D eigenvalue weighted by Crippen LogP contribution is -2.34. The molecule has 1 aromatic carbocycles. The van der Waals surface area contributed by atoms with E-state index in [1.165, 1.54) is 0 Å². The van der Waals surface area contributed by atoms with Crippen molar-refractivity contribution in [3.8, 4) is 11.5 Å². The third-order valence-electron chi connectivity index (χ3n) is 3.49. The van der Waals surface area contributed by atoms with Crippen molar-refractivity contribution in [3.05, 3.63) is 23.8 Å². The van der Waals surface area contributed by atoms with Crippen molar-refractivity contribution >= 4 is 0 Å². The van der Waals surface area contributed by atoms with Crippen LogP contribution in [-0.4, -0.2) is 25.3 Å². The van der Waals surface area contributed by atoms with E-state index in [1.807, 2.05) is 6.07 Å². The summed E-state index contributed by atoms with van der Waals surface area (Å²) in [5.74, 6) is 1.31. The van der Waals surface area contributed by atoms with Gasteiger partial charge in [-0.3, -0.25) is 0 Å². The maximum atomic E-state index is 9.95. The molecule has 2 rings (SSSR count). The fourth-order valence-electron chi connectivity index (χ4n) is 2.48. The highest BCUT2D eigenvalue weighted by Crippen LogP contribution is 2.37. The number of ether oxygens (including phenoxy) is 1. The third kappa shape index (κ3) is 2.53. The van der Waals surface area contributed by atoms with Crippen LogP contribution in [0.2, 0.25) is 0 Å². The van der Waals surface area contributed by atoms with Crippen molar-refractivity contribution in [2.45, 2.75) is 18.9 Å². The van der Waals surface area contributed by atoms with Crippen LogP contribution in [0, 0.1) is 5.92 Å². The largest absolute Gasteiger partial charge is 0.507 e. The molecule has 1 heterocycles. The summed E-state index contributed by atoms with van der Waals surface area (Å²) in [6.07, 6.45) is 2.08. The number of piperidine rings is 1. The van der Waals surface area contributed by atoms with Gasteiger partial charge in [0, 0.05) is 6.04 Å². The normalized spacial score (nSPS) is 18.9. The standard InChI is InChI=1S/C13H20N2O2/c1-17-11-4-2-3-10(16)12(11)13(14)9-5-7-15-8-6-9/h2-4,9,13,15-16H,5-8,14H2,1H3/t13-/m1/s1. The predicted octanol–water partition coefficient (Wildman–Crippen LogP) is 1.40. The molecular formula is C13H20N2O2. The summed E-state index contributed by atoms with van der Waals surface area (Å²) in [4.78, 5) is 0. The lowest BCUT2D eigenvalue weighted by molar-refractivity contribution is 0.306. The predicted molar refractivity (Wildman–Crippen MR) is 67.2 cm³/mol. The van der Waals surface area contributed by atoms with Crippen LogP contribution < -0.4 is 15.8 Å². The van der Waals surface area contributed by atoms with Gasteiger partial charge in [0.1, 0.15) is 11.5 Å². The summed E-state index contributed by atoms with van der Waals surface area (Å²) in [7, 11) is 1.60. The first kappa shape index (κ1) is 12.2. The van der Waals surface area contributed by atoms with Gasteiger partial charge in [-0.2, -0.15) is 0 Å². The van der Waals surface area contributed by atoms with Crippen LogP contribution in [-0.2, 0) is 0 Å². The lowest BCUT2D eigenvalue weighted by Gasteiger charge is -2.29. The van der Waals surface area contributed by atoms with E-state index in [0.29, 0.717) is 11.7 Å². The summed E-state index contributed by atoms with van der Waals surface area (Å²) in [6, 6.07) is 5.12. The van der Waals surface area contributed by atoms with Crippen LogP contribution in [0.15, 0.2) is 18.2 Å². The zero-order valence-electron chi connectivity index (χ0n) is 10.1. The Hall–Kier alpha value is -1.26. The molecule has 1 fully saturated rings. The summed E-state index contributed by atoms with van der Waals surface area (Å²) < 4.78 is 5.28. The fourth-order valence-corrected chi connectivity index (χ4v) is 2.48. The molecule has 0 unspecified atom stereocenters. The number of hydrogen-bond donors (Lipinski definition) is 3. The second-order valence-electron chi connectivity index (χ2n) is 4.51. The van der Waals surface area contributed by atoms with Gasteiger partial charge in [-0.1, -0.05) is 6.07 Å². The third-order valence-corrected chi connectivity index (χ3v) is 3.49. The van der Waals surface area contributed by atoms with Gasteiger partial charge in [-0.25, -0.2) is 0 Å². The highest BCUT2D eigenvalue weighted by molar-refractivity contribution is 5.46. The van der Waals surface area contributed by atoms with Crippen molar-refractivity contribution in [2.24, 2.45) is 11.7 Å². The van der Waals surface area contributed by atoms with E-state index in [2.05, 4.69) is 5.32 Å². The first-order valence-corrected chi connectivity index (χ1v) is 6.06. The quantitative estimate of drug-likeness (QED) is 0.742. The first-order valence-electron chi connectivity index (χ1n) is 6.06. The molecule has 0 radical (unpaired) electrons. The van der Waals surface area contributed by atoms with Crippen molar-refractivity contribution < 1.29 is 9.84 Å². The maximum Gasteiger partial charge on any atom is 0.127 e. The van der Waals surface area contributed by atoms with Gasteiger partial charge < -0.3 is 20.9 Å². The molecule has 1 aromatic rings. The number of phenols is 1. The van der Waals surface area contributed by atoms with E-state index in [9.17, 15) is 5.11 Å². The summed E-state index contributed by atoms with van der Waals surface area (Å²) >= 11 is 0. The van der Waals surface area contributed by atoms with Gasteiger partial charge in [-0.15, -0.1) is 0 Å². The van der Waals surface area contributed by atoms with Gasteiger partial charge in [0.25, 0.3) is 0 Å². The minimum Gasteiger partial charge on any atom is -0.507 e. The topological polar surface area (TPSA) is 67.5 Å². The molecule has 1 aliphatic rings. The van der Waals surface area contributed by atoms with Gasteiger partial charge in [0.2, 0.25) is 0 Å². The molecule has 0 amide bonds. The van der Waals surface area contributed by atoms with E-state index >= 15 is 0 Å². The number of nitrogens with one attached hydrogen (secondary N) is 1. The van der Waals surface area contributed by atoms with Crippen LogP contribution in [0.3, 0.4) is 0 Å². The van der Waals surface area contributed by atoms with Crippen LogP contribution in [0.5, 0.6) is 11.5 Å². The molecule has 1 atom stereocenters. The molecule has 1 saturated heterocycles. The molecule has 0 bridgehead atoms. The van der Waals surface area contributed by atoms with Crippen molar-refractivity contribution in [1.29, 1.82) is 0 Å². The van der Waals surface area contributed by atoms with Gasteiger partial charge in [0.05, 0.1) is 12.7 Å². The molecule has 0 aromatic heterocycles. The molecule has 0 spiro atoms. The van der Waals surface area contributed by atoms with Crippen molar-refractivity contribution in [3.63, 3.8) is 0 Å². The molecular weight excluding hydrogens is 216 g/mol. The van der Waals surface area contributed by atoms with Crippen LogP contribution in [0.1, 0.15) is 24.4 Å². The Bertz CT molecular complexity index is 376. The van der Waals surface area contributed by atoms with E-state index in [0.717, 1.165) is 31.5 Å². The second-order valence-corrected chi connectivity index (χ2v) is 4.51. The average molecular weight is 236 g/mol. The number of hydrogen-bond acceptors (Lipinski definition) is 4. The average Bonchev–Trinajstić information content (AvgIpc) is 2.38. The van der Waals surface area contributed by atoms with Crippen LogP contribution in [0.4, 0.5) is 0 Å². The Kier molecular flexibility index (Phi) is 3.86. The zero-order valence-corrected chi connectivity index (χ0v) is 10.1. The Labute approximate surface area is 102 Å². The van der Waals surface area contributed by atoms with E-state index < -0.39 is 0 Å². The number of nitrogens with two attached hydrogens (primary N) is 1. The highest BCUT2D eigenvalue weighted by atomic mass is 16.5. The molecule has 94 valence electrons. The van der Waals surface area contributed by atoms with Gasteiger partial charge in [-0.05, 0) is 44.0 Å². The van der Waals surface area contributed by atoms with E-state index in [4.69, 9.17) is 10.5 Å². The van der Waals surface area contributed by atoms with Crippen molar-refractivity contribution in [1.82, 2.24) is 5.32 Å². The minimum atomic E-state index is -0.159. The Balaban J connectivity index is 2.25. The second kappa shape index (κ2) is 5.38. The molecule has 4 nitrogen and oxygen atoms in total. The molecule has 4 N–H and O–H groups in total. The number of methoxy groups -OCH3 is 1. The highest BCUT2D eigenvalue weighted by Gasteiger charge is 2.26. The molecule has 0 saturated carbocycles. The van der Waals surface area contributed by atoms with Crippen molar-refractivity contribution in [2.75, 3.05) is 20.2 Å². The van der Waals surface area contributed by atoms with Crippen LogP contribution >= 0.6 is 0 Å². The zero-order chi connectivity index (χ0) is 12.3. The molecule has 1 aliphatic heterocycles. The van der Waals surface area contributed by atoms with E-state index in [1.54, 1.807) is 19.2 Å². The smallest absolute Gasteiger partial charge is 0.127 e. The Morgan fingerprint density at radius 2 is 2.12 bits per heavy atom. The number of rotatable bonds is 3. The number of benzene rings is 1. The summed E-state index contributed by atoms with van der Waals surface area (Å²) in [6.45, 7) is 1.99. The monoisotopic (exact) mass is 236 g/mol. The van der Waals surface area contributed by atoms with Gasteiger partial charge in [0.15, 0.2) is 0 Å². The number of phenolic OH excluding ortho intramolecular Hbond substituents is 1. The lowest BCUT2D eigenvalue weighted by atomic mass is 9.86. The van der Waals surface area contributed by atoms with Gasteiger partial charge >= 0.3 is 0 Å². The Morgan fingerprint density at radius 1 is 1.41 bits per heavy atom. The van der Waals surface area contributed by atoms with Crippen LogP contribution in [0.25, 0.3) is 0 Å². The SMILES string of the molecule is COc1cccc(O)c1[C@H](N)C1CCNCC1. The molecule has 4 heteroatoms. The summed E-state index contributed by atoms with van der Waals surface area (Å²) in [5.41, 5.74) is 7.02. The Morgan fingerprint density at radius 3 is 2.76 bits per heavy atom. The number of aromatic hydroxyl groups is 1. The molecule has 17 heavy (non-hydrogen) atoms. The summed E-state index contributed by atoms with van der Waals surface area (Å²) in [5, 5.41) is 13.3. The molecule has 0 aliphatic carbocycles.